The van der Waals surface area contributed by atoms with Crippen LogP contribution >= 0.6 is 11.6 Å². The summed E-state index contributed by atoms with van der Waals surface area (Å²) in [5.74, 6) is 6.32. The van der Waals surface area contributed by atoms with Crippen LogP contribution in [0.15, 0.2) is 24.4 Å². The molecule has 7 heteroatoms. The van der Waals surface area contributed by atoms with Gasteiger partial charge in [-0.15, -0.1) is 5.10 Å². The van der Waals surface area contributed by atoms with Crippen LogP contribution in [0.1, 0.15) is 17.3 Å². The number of rotatable bonds is 4. The first-order valence-electron chi connectivity index (χ1n) is 5.31. The summed E-state index contributed by atoms with van der Waals surface area (Å²) in [5.41, 5.74) is 4.37. The molecule has 1 aromatic carbocycles. The lowest BCUT2D eigenvalue weighted by Crippen LogP contribution is -2.30. The van der Waals surface area contributed by atoms with Gasteiger partial charge in [0.2, 0.25) is 0 Å². The Kier molecular flexibility index (Phi) is 3.81. The fourth-order valence-electron chi connectivity index (χ4n) is 1.82. The van der Waals surface area contributed by atoms with Crippen LogP contribution in [-0.4, -0.2) is 22.1 Å². The maximum Gasteiger partial charge on any atom is 0.124 e. The van der Waals surface area contributed by atoms with Gasteiger partial charge in [-0.2, -0.15) is 0 Å². The number of nitrogens with zero attached hydrogens (tertiary/aromatic N) is 3. The maximum absolute atomic E-state index is 6.01. The van der Waals surface area contributed by atoms with Gasteiger partial charge in [-0.3, -0.25) is 10.5 Å². The Bertz CT molecular complexity index is 542. The third-order valence-electron chi connectivity index (χ3n) is 2.71. The van der Waals surface area contributed by atoms with Gasteiger partial charge >= 0.3 is 0 Å². The second-order valence-electron chi connectivity index (χ2n) is 3.77. The zero-order valence-corrected chi connectivity index (χ0v) is 10.8. The summed E-state index contributed by atoms with van der Waals surface area (Å²) in [5, 5.41) is 8.34. The van der Waals surface area contributed by atoms with E-state index in [4.69, 9.17) is 22.2 Å². The van der Waals surface area contributed by atoms with Gasteiger partial charge in [0, 0.05) is 17.6 Å². The Morgan fingerprint density at radius 3 is 2.83 bits per heavy atom. The molecule has 18 heavy (non-hydrogen) atoms. The van der Waals surface area contributed by atoms with E-state index in [1.165, 1.54) is 0 Å². The maximum atomic E-state index is 6.01. The van der Waals surface area contributed by atoms with Crippen molar-refractivity contribution in [2.75, 3.05) is 7.11 Å². The first kappa shape index (κ1) is 12.8. The van der Waals surface area contributed by atoms with Gasteiger partial charge < -0.3 is 4.74 Å². The molecule has 0 aliphatic rings. The number of halogens is 1. The molecule has 0 saturated carbocycles. The number of hydrazine groups is 1. The molecule has 0 fully saturated rings. The fraction of sp³-hybridized carbons (Fsp3) is 0.273. The average molecular weight is 268 g/mol. The van der Waals surface area contributed by atoms with Crippen LogP contribution in [0.2, 0.25) is 5.02 Å². The lowest BCUT2D eigenvalue weighted by Gasteiger charge is -2.19. The van der Waals surface area contributed by atoms with Gasteiger partial charge in [-0.25, -0.2) is 5.43 Å². The molecule has 1 unspecified atom stereocenters. The van der Waals surface area contributed by atoms with Crippen molar-refractivity contribution in [2.24, 2.45) is 12.9 Å². The van der Waals surface area contributed by atoms with E-state index < -0.39 is 0 Å². The van der Waals surface area contributed by atoms with Crippen LogP contribution in [0.3, 0.4) is 0 Å². The zero-order valence-electron chi connectivity index (χ0n) is 10.1. The molecule has 0 radical (unpaired) electrons. The highest BCUT2D eigenvalue weighted by molar-refractivity contribution is 6.30. The minimum absolute atomic E-state index is 0.293. The number of benzene rings is 1. The predicted octanol–water partition coefficient (Wildman–Crippen LogP) is 1.03. The summed E-state index contributed by atoms with van der Waals surface area (Å²) in [6.45, 7) is 0. The van der Waals surface area contributed by atoms with Crippen molar-refractivity contribution in [3.63, 3.8) is 0 Å². The fourth-order valence-corrected chi connectivity index (χ4v) is 2.00. The Morgan fingerprint density at radius 2 is 2.28 bits per heavy atom. The molecule has 2 rings (SSSR count). The van der Waals surface area contributed by atoms with Gasteiger partial charge in [0.05, 0.1) is 25.0 Å². The van der Waals surface area contributed by atoms with Crippen molar-refractivity contribution in [1.82, 2.24) is 20.4 Å². The van der Waals surface area contributed by atoms with Crippen LogP contribution in [0.4, 0.5) is 0 Å². The van der Waals surface area contributed by atoms with Crippen molar-refractivity contribution in [3.05, 3.63) is 40.7 Å². The average Bonchev–Trinajstić information content (AvgIpc) is 2.77. The minimum atomic E-state index is -0.293. The second-order valence-corrected chi connectivity index (χ2v) is 4.20. The van der Waals surface area contributed by atoms with Crippen LogP contribution in [0, 0.1) is 0 Å². The van der Waals surface area contributed by atoms with E-state index in [0.29, 0.717) is 10.8 Å². The predicted molar refractivity (Wildman–Crippen MR) is 68.2 cm³/mol. The molecule has 6 nitrogen and oxygen atoms in total. The molecule has 1 aromatic heterocycles. The number of nitrogens with one attached hydrogen (secondary N) is 1. The van der Waals surface area contributed by atoms with E-state index in [0.717, 1.165) is 11.3 Å². The summed E-state index contributed by atoms with van der Waals surface area (Å²) < 4.78 is 6.96. The van der Waals surface area contributed by atoms with Gasteiger partial charge in [0.15, 0.2) is 0 Å². The summed E-state index contributed by atoms with van der Waals surface area (Å²) >= 11 is 6.01. The van der Waals surface area contributed by atoms with Gasteiger partial charge in [-0.05, 0) is 18.2 Å². The molecule has 96 valence electrons. The molecule has 2 aromatic rings. The Hall–Kier alpha value is -1.63. The van der Waals surface area contributed by atoms with Gasteiger partial charge in [0.25, 0.3) is 0 Å². The van der Waals surface area contributed by atoms with E-state index >= 15 is 0 Å². The van der Waals surface area contributed by atoms with E-state index in [9.17, 15) is 0 Å². The summed E-state index contributed by atoms with van der Waals surface area (Å²) in [4.78, 5) is 0. The number of aryl methyl sites for hydroxylation is 1. The van der Waals surface area contributed by atoms with E-state index in [-0.39, 0.29) is 6.04 Å². The molecule has 0 saturated heterocycles. The molecule has 1 heterocycles. The van der Waals surface area contributed by atoms with Crippen molar-refractivity contribution in [1.29, 1.82) is 0 Å². The largest absolute Gasteiger partial charge is 0.496 e. The molecule has 0 amide bonds. The number of aromatic nitrogens is 3. The van der Waals surface area contributed by atoms with E-state index in [1.807, 2.05) is 0 Å². The number of methoxy groups -OCH3 is 1. The van der Waals surface area contributed by atoms with Crippen molar-refractivity contribution in [3.8, 4) is 5.75 Å². The SMILES string of the molecule is COc1ccc(Cl)cc1C(NN)c1cnnn1C. The quantitative estimate of drug-likeness (QED) is 0.639. The van der Waals surface area contributed by atoms with Crippen LogP contribution in [0.5, 0.6) is 5.75 Å². The van der Waals surface area contributed by atoms with Crippen molar-refractivity contribution in [2.45, 2.75) is 6.04 Å². The first-order chi connectivity index (χ1) is 8.67. The zero-order chi connectivity index (χ0) is 13.1. The van der Waals surface area contributed by atoms with Crippen molar-refractivity contribution < 1.29 is 4.74 Å². The Labute approximate surface area is 110 Å². The Balaban J connectivity index is 2.51. The Morgan fingerprint density at radius 1 is 1.50 bits per heavy atom. The normalized spacial score (nSPS) is 12.4. The van der Waals surface area contributed by atoms with Gasteiger partial charge in [-0.1, -0.05) is 16.8 Å². The molecule has 0 spiro atoms. The lowest BCUT2D eigenvalue weighted by molar-refractivity contribution is 0.402. The summed E-state index contributed by atoms with van der Waals surface area (Å²) in [6.07, 6.45) is 1.64. The third-order valence-corrected chi connectivity index (χ3v) is 2.95. The van der Waals surface area contributed by atoms with Crippen LogP contribution in [0.25, 0.3) is 0 Å². The van der Waals surface area contributed by atoms with Gasteiger partial charge in [0.1, 0.15) is 5.75 Å². The number of ether oxygens (including phenoxy) is 1. The molecular formula is C11H14ClN5O. The minimum Gasteiger partial charge on any atom is -0.496 e. The highest BCUT2D eigenvalue weighted by Gasteiger charge is 2.20. The first-order valence-corrected chi connectivity index (χ1v) is 5.69. The smallest absolute Gasteiger partial charge is 0.124 e. The highest BCUT2D eigenvalue weighted by atomic mass is 35.5. The van der Waals surface area contributed by atoms with E-state index in [2.05, 4.69) is 15.7 Å². The van der Waals surface area contributed by atoms with E-state index in [1.54, 1.807) is 43.2 Å². The molecular weight excluding hydrogens is 254 g/mol. The number of hydrogen-bond acceptors (Lipinski definition) is 5. The number of hydrogen-bond donors (Lipinski definition) is 2. The van der Waals surface area contributed by atoms with Crippen molar-refractivity contribution >= 4 is 11.6 Å². The standard InChI is InChI=1S/C11H14ClN5O/c1-17-9(6-14-16-17)11(15-13)8-5-7(12)3-4-10(8)18-2/h3-6,11,15H,13H2,1-2H3. The topological polar surface area (TPSA) is 78.0 Å². The van der Waals surface area contributed by atoms with Crippen LogP contribution in [-0.2, 0) is 7.05 Å². The molecule has 3 N–H and O–H groups in total. The number of nitrogens with two attached hydrogens (primary N) is 1. The third kappa shape index (κ3) is 2.31. The lowest BCUT2D eigenvalue weighted by atomic mass is 10.0. The molecule has 0 aliphatic carbocycles. The second kappa shape index (κ2) is 5.34. The summed E-state index contributed by atoms with van der Waals surface area (Å²) in [7, 11) is 3.39. The summed E-state index contributed by atoms with van der Waals surface area (Å²) in [6, 6.07) is 5.07. The molecule has 0 bridgehead atoms. The highest BCUT2D eigenvalue weighted by Crippen LogP contribution is 2.31. The monoisotopic (exact) mass is 267 g/mol. The molecule has 1 atom stereocenters. The van der Waals surface area contributed by atoms with Crippen LogP contribution < -0.4 is 16.0 Å². The molecule has 0 aliphatic heterocycles.